The summed E-state index contributed by atoms with van der Waals surface area (Å²) in [7, 11) is 2.97. The van der Waals surface area contributed by atoms with E-state index in [-0.39, 0.29) is 44.5 Å². The third-order valence-electron chi connectivity index (χ3n) is 12.3. The maximum Gasteiger partial charge on any atom is 0.312 e. The summed E-state index contributed by atoms with van der Waals surface area (Å²) in [6, 6.07) is 7.11. The average molecular weight is 897 g/mol. The molecular formula is C48H56N4O13. The van der Waals surface area contributed by atoms with Gasteiger partial charge in [-0.3, -0.25) is 24.8 Å². The number of pyridine rings is 1. The van der Waals surface area contributed by atoms with Crippen molar-refractivity contribution >= 4 is 56.9 Å². The number of aliphatic hydroxyl groups excluding tert-OH is 2. The number of esters is 1. The SMILES string of the molecule is COc1ccc2ncc(N/N=C/c3c4c(O)c5c(O)c(C)c6c(c5c3O)C(=O)[C@@](C)(O/C=C/[C@H](OC)[C@@H](C)[C@@H](OC(C)=O)[C@H](C)[C@H](O)[C@H](C)[C@@H](O)[C@@H](C)/C=C/C=C(/C)C(=O)N4)O6)cc2c1. The smallest absolute Gasteiger partial charge is 0.312 e. The molecule has 0 saturated heterocycles. The molecule has 1 amide bonds. The lowest BCUT2D eigenvalue weighted by atomic mass is 9.78. The Kier molecular flexibility index (Phi) is 14.1. The normalized spacial score (nSPS) is 28.3. The van der Waals surface area contributed by atoms with Gasteiger partial charge >= 0.3 is 11.8 Å². The number of nitrogens with zero attached hydrogens (tertiary/aromatic N) is 2. The second-order valence-electron chi connectivity index (χ2n) is 16.8. The largest absolute Gasteiger partial charge is 0.507 e. The number of fused-ring (bicyclic) bond motifs is 15. The summed E-state index contributed by atoms with van der Waals surface area (Å²) in [4.78, 5) is 45.2. The molecule has 4 aromatic rings. The third-order valence-corrected chi connectivity index (χ3v) is 12.3. The van der Waals surface area contributed by atoms with Gasteiger partial charge in [0.15, 0.2) is 5.75 Å². The molecule has 17 heteroatoms. The van der Waals surface area contributed by atoms with E-state index in [2.05, 4.69) is 20.8 Å². The number of phenols is 3. The van der Waals surface area contributed by atoms with E-state index in [0.717, 1.165) is 11.6 Å². The van der Waals surface area contributed by atoms with Gasteiger partial charge in [-0.05, 0) is 44.2 Å². The molecule has 4 heterocycles. The van der Waals surface area contributed by atoms with Gasteiger partial charge in [-0.2, -0.15) is 5.10 Å². The first kappa shape index (κ1) is 47.8. The van der Waals surface area contributed by atoms with Crippen LogP contribution in [0.1, 0.15) is 70.0 Å². The number of phenolic OH excluding ortho intramolecular Hbond substituents is 3. The summed E-state index contributed by atoms with van der Waals surface area (Å²) in [6.45, 7) is 12.4. The number of benzene rings is 3. The van der Waals surface area contributed by atoms with Crippen molar-refractivity contribution in [2.75, 3.05) is 25.0 Å². The zero-order chi connectivity index (χ0) is 47.7. The van der Waals surface area contributed by atoms with Gasteiger partial charge in [0.05, 0.1) is 77.5 Å². The van der Waals surface area contributed by atoms with Crippen LogP contribution in [-0.2, 0) is 23.8 Å². The number of aliphatic hydroxyl groups is 2. The summed E-state index contributed by atoms with van der Waals surface area (Å²) >= 11 is 0. The number of aromatic nitrogens is 1. The zero-order valence-electron chi connectivity index (χ0n) is 37.9. The standard InChI is InChI=1S/C48H56N4O13/c1-22-12-11-13-23(2)47(60)51-38-32(21-50-52-30-18-29-19-31(61-9)14-15-33(29)49-20-30)42(57)35-36(43(38)58)41(56)27(6)45-37(35)46(59)48(8,65-45)63-17-16-34(62-10)24(3)44(64-28(7)53)26(5)40(55)25(4)39(22)54/h11-22,24-26,34,39-40,44,52,54-58H,1-10H3,(H,51,60)/b12-11+,17-16+,23-13-,50-21+/t22-,24+,25+,26+,34-,39-,40+,44+,48-/m0/s1. The van der Waals surface area contributed by atoms with Crippen molar-refractivity contribution in [2.45, 2.75) is 85.6 Å². The first-order valence-electron chi connectivity index (χ1n) is 21.0. The number of carbonyl (C=O) groups excluding carboxylic acids is 3. The van der Waals surface area contributed by atoms with Crippen LogP contribution in [-0.4, -0.2) is 98.8 Å². The van der Waals surface area contributed by atoms with Crippen LogP contribution in [0.25, 0.3) is 21.7 Å². The average Bonchev–Trinajstić information content (AvgIpc) is 3.55. The van der Waals surface area contributed by atoms with Crippen molar-refractivity contribution in [3.05, 3.63) is 83.3 Å². The highest BCUT2D eigenvalue weighted by Gasteiger charge is 2.50. The molecule has 65 heavy (non-hydrogen) atoms. The van der Waals surface area contributed by atoms with Crippen LogP contribution in [0.4, 0.5) is 11.4 Å². The van der Waals surface area contributed by atoms with E-state index < -0.39 is 88.8 Å². The van der Waals surface area contributed by atoms with Crippen molar-refractivity contribution in [1.82, 2.24) is 4.98 Å². The Morgan fingerprint density at radius 3 is 2.35 bits per heavy atom. The van der Waals surface area contributed by atoms with Gasteiger partial charge in [0.2, 0.25) is 0 Å². The number of hydrogen-bond donors (Lipinski definition) is 7. The van der Waals surface area contributed by atoms with Gasteiger partial charge in [-0.15, -0.1) is 0 Å². The summed E-state index contributed by atoms with van der Waals surface area (Å²) in [5.74, 6) is -8.24. The third kappa shape index (κ3) is 9.30. The van der Waals surface area contributed by atoms with E-state index in [1.54, 1.807) is 71.2 Å². The minimum Gasteiger partial charge on any atom is -0.507 e. The highest BCUT2D eigenvalue weighted by Crippen LogP contribution is 2.55. The fourth-order valence-electron chi connectivity index (χ4n) is 8.34. The number of allylic oxidation sites excluding steroid dienone is 2. The Hall–Kier alpha value is -6.69. The van der Waals surface area contributed by atoms with Gasteiger partial charge in [0.1, 0.15) is 29.1 Å². The van der Waals surface area contributed by atoms with Gasteiger partial charge in [-0.25, -0.2) is 0 Å². The van der Waals surface area contributed by atoms with Crippen LogP contribution in [0.15, 0.2) is 71.7 Å². The molecule has 346 valence electrons. The highest BCUT2D eigenvalue weighted by atomic mass is 16.7. The fourth-order valence-corrected chi connectivity index (χ4v) is 8.34. The van der Waals surface area contributed by atoms with Crippen molar-refractivity contribution < 1.29 is 63.6 Å². The second kappa shape index (κ2) is 19.2. The summed E-state index contributed by atoms with van der Waals surface area (Å²) < 4.78 is 29.0. The van der Waals surface area contributed by atoms with E-state index in [1.165, 1.54) is 59.4 Å². The number of ketones is 1. The van der Waals surface area contributed by atoms with E-state index in [1.807, 2.05) is 0 Å². The molecule has 0 radical (unpaired) electrons. The molecule has 7 rings (SSSR count). The minimum atomic E-state index is -2.09. The molecule has 0 saturated carbocycles. The quantitative estimate of drug-likeness (QED) is 0.0348. The number of carbonyl (C=O) groups is 3. The van der Waals surface area contributed by atoms with Crippen LogP contribution >= 0.6 is 0 Å². The van der Waals surface area contributed by atoms with Crippen LogP contribution < -0.4 is 20.2 Å². The van der Waals surface area contributed by atoms with Crippen LogP contribution in [0, 0.1) is 30.6 Å². The van der Waals surface area contributed by atoms with Crippen molar-refractivity contribution in [2.24, 2.45) is 28.8 Å². The minimum absolute atomic E-state index is 0.0186. The van der Waals surface area contributed by atoms with E-state index in [4.69, 9.17) is 23.7 Å². The van der Waals surface area contributed by atoms with Crippen molar-refractivity contribution in [3.63, 3.8) is 0 Å². The molecule has 5 bridgehead atoms. The number of amides is 1. The van der Waals surface area contributed by atoms with E-state index in [9.17, 15) is 39.9 Å². The number of aromatic hydroxyl groups is 3. The first-order chi connectivity index (χ1) is 30.7. The number of rotatable bonds is 6. The maximum atomic E-state index is 14.5. The van der Waals surface area contributed by atoms with E-state index in [0.29, 0.717) is 17.0 Å². The Labute approximate surface area is 376 Å². The number of Topliss-reactive ketones (excluding diaryl/α,β-unsaturated/α-hetero) is 1. The number of hydrazone groups is 1. The highest BCUT2D eigenvalue weighted by molar-refractivity contribution is 6.24. The second-order valence-corrected chi connectivity index (χ2v) is 16.8. The maximum absolute atomic E-state index is 14.5. The number of nitrogens with one attached hydrogen (secondary N) is 2. The monoisotopic (exact) mass is 896 g/mol. The molecule has 17 nitrogen and oxygen atoms in total. The molecule has 9 atom stereocenters. The van der Waals surface area contributed by atoms with Gasteiger partial charge in [0, 0.05) is 66.5 Å². The number of hydrogen-bond acceptors (Lipinski definition) is 16. The predicted octanol–water partition coefficient (Wildman–Crippen LogP) is 6.76. The predicted molar refractivity (Wildman–Crippen MR) is 243 cm³/mol. The molecule has 1 aromatic heterocycles. The molecule has 3 aromatic carbocycles. The zero-order valence-corrected chi connectivity index (χ0v) is 37.9. The van der Waals surface area contributed by atoms with Crippen molar-refractivity contribution in [3.8, 4) is 28.7 Å². The topological polar surface area (TPSA) is 248 Å². The molecule has 0 fully saturated rings. The van der Waals surface area contributed by atoms with Crippen LogP contribution in [0.5, 0.6) is 28.7 Å². The lowest BCUT2D eigenvalue weighted by Crippen LogP contribution is -2.46. The molecule has 0 spiro atoms. The Morgan fingerprint density at radius 2 is 1.68 bits per heavy atom. The summed E-state index contributed by atoms with van der Waals surface area (Å²) in [5, 5.41) is 65.7. The fraction of sp³-hybridized carbons (Fsp3) is 0.396. The lowest BCUT2D eigenvalue weighted by molar-refractivity contribution is -0.160. The Bertz CT molecular complexity index is 2640. The summed E-state index contributed by atoms with van der Waals surface area (Å²) in [5.41, 5.74) is 3.26. The number of anilines is 2. The number of ether oxygens (including phenoxy) is 5. The number of methoxy groups -OCH3 is 2. The summed E-state index contributed by atoms with van der Waals surface area (Å²) in [6.07, 6.45) is 6.02. The molecule has 7 N–H and O–H groups in total. The Morgan fingerprint density at radius 1 is 0.954 bits per heavy atom. The van der Waals surface area contributed by atoms with Crippen LogP contribution in [0.2, 0.25) is 0 Å². The van der Waals surface area contributed by atoms with Gasteiger partial charge in [0.25, 0.3) is 11.7 Å². The lowest BCUT2D eigenvalue weighted by Gasteiger charge is -2.38. The Balaban J connectivity index is 1.51. The van der Waals surface area contributed by atoms with Gasteiger partial charge < -0.3 is 54.5 Å². The first-order valence-corrected chi connectivity index (χ1v) is 21.0. The molecule has 0 unspecified atom stereocenters. The molecular weight excluding hydrogens is 841 g/mol. The molecule has 3 aliphatic rings. The van der Waals surface area contributed by atoms with Crippen molar-refractivity contribution in [1.29, 1.82) is 0 Å². The molecule has 0 aliphatic carbocycles. The van der Waals surface area contributed by atoms with Gasteiger partial charge in [-0.1, -0.05) is 45.9 Å². The van der Waals surface area contributed by atoms with Crippen LogP contribution in [0.3, 0.4) is 0 Å². The van der Waals surface area contributed by atoms with E-state index >= 15 is 0 Å². The molecule has 3 aliphatic heterocycles.